The number of halogens is 1. The average molecular weight is 1080 g/mol. The third-order valence-electron chi connectivity index (χ3n) is 17.1. The minimum absolute atomic E-state index is 0.0320. The quantitative estimate of drug-likeness (QED) is 0.141. The predicted octanol–water partition coefficient (Wildman–Crippen LogP) is 18.3. The van der Waals surface area contributed by atoms with Gasteiger partial charge in [-0.3, -0.25) is 4.90 Å². The fraction of sp³-hybridized carbons (Fsp3) is 0.0959. The smallest absolute Gasteiger partial charge is 0.234 e. The molecule has 3 aromatic heterocycles. The number of allylic oxidation sites excluding steroid dienone is 6. The Bertz CT molecular complexity index is 4790. The summed E-state index contributed by atoms with van der Waals surface area (Å²) in [5, 5.41) is 9.21. The molecule has 3 atom stereocenters. The summed E-state index contributed by atoms with van der Waals surface area (Å²) in [7, 11) is 0. The van der Waals surface area contributed by atoms with Crippen LogP contribution in [0.4, 0.5) is 5.95 Å². The lowest BCUT2D eigenvalue weighted by Crippen LogP contribution is -2.62. The Morgan fingerprint density at radius 3 is 1.93 bits per heavy atom. The summed E-state index contributed by atoms with van der Waals surface area (Å²) >= 11 is 6.65. The van der Waals surface area contributed by atoms with Gasteiger partial charge >= 0.3 is 0 Å². The molecule has 8 nitrogen and oxygen atoms in total. The number of rotatable bonds is 9. The molecule has 0 amide bonds. The third-order valence-corrected chi connectivity index (χ3v) is 17.3. The molecule has 0 N–H and O–H groups in total. The van der Waals surface area contributed by atoms with E-state index >= 15 is 0 Å². The first kappa shape index (κ1) is 49.2. The van der Waals surface area contributed by atoms with Crippen LogP contribution in [0.25, 0.3) is 105 Å². The normalized spacial score (nSPS) is 18.0. The molecule has 3 aliphatic rings. The van der Waals surface area contributed by atoms with Gasteiger partial charge in [-0.05, 0) is 146 Å². The van der Waals surface area contributed by atoms with E-state index in [0.29, 0.717) is 42.1 Å². The van der Waals surface area contributed by atoms with E-state index in [9.17, 15) is 0 Å². The van der Waals surface area contributed by atoms with Crippen LogP contribution in [0.3, 0.4) is 0 Å². The molecule has 12 aromatic rings. The maximum atomic E-state index is 6.76. The first-order valence-electron chi connectivity index (χ1n) is 27.8. The largest absolute Gasteiger partial charge is 0.456 e. The van der Waals surface area contributed by atoms with Gasteiger partial charge in [0, 0.05) is 44.1 Å². The summed E-state index contributed by atoms with van der Waals surface area (Å²) in [4.78, 5) is 33.0. The van der Waals surface area contributed by atoms with Crippen LogP contribution in [-0.2, 0) is 6.42 Å². The van der Waals surface area contributed by atoms with Gasteiger partial charge in [0.1, 0.15) is 11.2 Å². The van der Waals surface area contributed by atoms with Crippen molar-refractivity contribution < 1.29 is 4.42 Å². The van der Waals surface area contributed by atoms with Gasteiger partial charge in [-0.25, -0.2) is 9.97 Å². The highest BCUT2D eigenvalue weighted by Gasteiger charge is 2.59. The first-order chi connectivity index (χ1) is 40.2. The fourth-order valence-electron chi connectivity index (χ4n) is 13.2. The van der Waals surface area contributed by atoms with E-state index in [1.807, 2.05) is 48.5 Å². The van der Waals surface area contributed by atoms with Crippen molar-refractivity contribution in [2.45, 2.75) is 38.1 Å². The molecule has 1 aliphatic heterocycles. The maximum absolute atomic E-state index is 6.76. The van der Waals surface area contributed by atoms with Crippen LogP contribution in [0.15, 0.2) is 259 Å². The second-order valence-electron chi connectivity index (χ2n) is 21.9. The topological polar surface area (TPSA) is 93.7 Å². The van der Waals surface area contributed by atoms with E-state index in [1.54, 1.807) is 0 Å². The summed E-state index contributed by atoms with van der Waals surface area (Å²) in [6, 6.07) is 65.6. The highest BCUT2D eigenvalue weighted by Crippen LogP contribution is 2.60. The predicted molar refractivity (Wildman–Crippen MR) is 335 cm³/mol. The number of nitrogens with zero attached hydrogens (tertiary/aromatic N) is 7. The van der Waals surface area contributed by atoms with E-state index in [4.69, 9.17) is 42.5 Å². The number of benzene rings is 9. The Kier molecular flexibility index (Phi) is 11.7. The summed E-state index contributed by atoms with van der Waals surface area (Å²) in [6.07, 6.45) is 19.1. The summed E-state index contributed by atoms with van der Waals surface area (Å²) in [5.41, 5.74) is 10.2. The average Bonchev–Trinajstić information content (AvgIpc) is 1.62. The molecule has 9 aromatic carbocycles. The Hall–Kier alpha value is -9.89. The number of furan rings is 1. The number of anilines is 1. The van der Waals surface area contributed by atoms with Crippen LogP contribution in [0.5, 0.6) is 0 Å². The zero-order valence-corrected chi connectivity index (χ0v) is 45.9. The fourth-order valence-corrected chi connectivity index (χ4v) is 13.3. The van der Waals surface area contributed by atoms with Crippen molar-refractivity contribution in [3.63, 3.8) is 0 Å². The second-order valence-corrected chi connectivity index (χ2v) is 22.2. The number of hydrogen-bond donors (Lipinski definition) is 0. The van der Waals surface area contributed by atoms with E-state index < -0.39 is 11.0 Å². The van der Waals surface area contributed by atoms with Gasteiger partial charge in [-0.2, -0.15) is 19.9 Å². The van der Waals surface area contributed by atoms with Crippen LogP contribution in [-0.4, -0.2) is 35.4 Å². The minimum atomic E-state index is -0.806. The Balaban J connectivity index is 0.881. The standard InChI is InChI=1S/C73H52ClN7O/c1-45(38-53-42-54(40-50-25-11-13-28-57(50)53)68-75-66(77-70(74)78-68)48-21-6-4-7-22-48)61-43-55(41-51-26-12-14-29-58(51)61)69-76-67(49-23-8-5-9-24-49)79-71(80-69)81-46(2)39-56-27-16-18-36-72(56,3)73(81)37-19-17-31-62(73)52-32-34-60-64(44-52)82-63-35-33-47-20-10-15-30-59(47)65(60)63/h4-36,39-45H,2,37-38H2,1,3H3/t45-,72?,73+/m0/s1. The Labute approximate surface area is 479 Å². The van der Waals surface area contributed by atoms with Crippen LogP contribution >= 0.6 is 11.6 Å². The van der Waals surface area contributed by atoms with Crippen molar-refractivity contribution in [3.05, 3.63) is 276 Å². The zero-order valence-electron chi connectivity index (χ0n) is 45.1. The molecule has 0 saturated carbocycles. The molecule has 9 heteroatoms. The molecule has 4 heterocycles. The summed E-state index contributed by atoms with van der Waals surface area (Å²) in [6.45, 7) is 9.53. The zero-order chi connectivity index (χ0) is 55.1. The molecule has 2 aliphatic carbocycles. The molecule has 1 unspecified atom stereocenters. The number of aromatic nitrogens is 6. The van der Waals surface area contributed by atoms with Gasteiger partial charge in [0.15, 0.2) is 23.3 Å². The van der Waals surface area contributed by atoms with Gasteiger partial charge in [-0.1, -0.05) is 202 Å². The van der Waals surface area contributed by atoms with E-state index in [0.717, 1.165) is 82.8 Å². The van der Waals surface area contributed by atoms with Gasteiger partial charge in [0.2, 0.25) is 11.2 Å². The lowest BCUT2D eigenvalue weighted by Gasteiger charge is -2.59. The van der Waals surface area contributed by atoms with Gasteiger partial charge in [0.25, 0.3) is 0 Å². The summed E-state index contributed by atoms with van der Waals surface area (Å²) < 4.78 is 6.76. The molecule has 1 spiro atoms. The van der Waals surface area contributed by atoms with Crippen LogP contribution in [0.2, 0.25) is 5.28 Å². The molecule has 82 heavy (non-hydrogen) atoms. The molecule has 392 valence electrons. The van der Waals surface area contributed by atoms with Crippen LogP contribution in [0.1, 0.15) is 42.9 Å². The Morgan fingerprint density at radius 2 is 1.18 bits per heavy atom. The van der Waals surface area contributed by atoms with Gasteiger partial charge < -0.3 is 4.42 Å². The molecule has 15 rings (SSSR count). The van der Waals surface area contributed by atoms with Crippen molar-refractivity contribution in [2.24, 2.45) is 5.41 Å². The van der Waals surface area contributed by atoms with E-state index in [2.05, 4.69) is 217 Å². The lowest BCUT2D eigenvalue weighted by molar-refractivity contribution is 0.300. The first-order valence-corrected chi connectivity index (χ1v) is 28.2. The molecule has 0 bridgehead atoms. The summed E-state index contributed by atoms with van der Waals surface area (Å²) in [5.74, 6) is 2.71. The van der Waals surface area contributed by atoms with Crippen LogP contribution in [0, 0.1) is 5.41 Å². The van der Waals surface area contributed by atoms with Crippen molar-refractivity contribution in [3.8, 4) is 45.6 Å². The molecule has 0 radical (unpaired) electrons. The van der Waals surface area contributed by atoms with E-state index in [-0.39, 0.29) is 11.2 Å². The third kappa shape index (κ3) is 8.04. The number of hydrogen-bond acceptors (Lipinski definition) is 8. The van der Waals surface area contributed by atoms with Crippen molar-refractivity contribution >= 4 is 77.4 Å². The SMILES string of the molecule is C=C1C=C2C=CC=CC2(C)[C@]2(CC=CC=C2c2ccc3c(c2)oc2ccc4ccccc4c23)N1c1nc(-c2ccccc2)nc(-c2cc([C@@H](C)Cc3cc(-c4nc(Cl)nc(-c5ccccc5)n4)cc4ccccc34)c3ccccc3c2)n1. The molecular formula is C73H52ClN7O. The van der Waals surface area contributed by atoms with E-state index in [1.165, 1.54) is 27.3 Å². The lowest BCUT2D eigenvalue weighted by atomic mass is 9.55. The molecule has 0 saturated heterocycles. The molecule has 0 fully saturated rings. The van der Waals surface area contributed by atoms with Crippen molar-refractivity contribution in [1.29, 1.82) is 0 Å². The highest BCUT2D eigenvalue weighted by atomic mass is 35.5. The van der Waals surface area contributed by atoms with Crippen LogP contribution < -0.4 is 4.90 Å². The maximum Gasteiger partial charge on any atom is 0.234 e. The minimum Gasteiger partial charge on any atom is -0.456 e. The Morgan fingerprint density at radius 1 is 0.561 bits per heavy atom. The van der Waals surface area contributed by atoms with Crippen molar-refractivity contribution in [1.82, 2.24) is 29.9 Å². The second kappa shape index (κ2) is 19.4. The van der Waals surface area contributed by atoms with Gasteiger partial charge in [0.05, 0.1) is 5.54 Å². The van der Waals surface area contributed by atoms with Crippen molar-refractivity contribution in [2.75, 3.05) is 4.90 Å². The highest BCUT2D eigenvalue weighted by molar-refractivity contribution is 6.28. The monoisotopic (exact) mass is 1080 g/mol. The van der Waals surface area contributed by atoms with Gasteiger partial charge in [-0.15, -0.1) is 0 Å². The molecular weight excluding hydrogens is 1030 g/mol. The number of fused-ring (bicyclic) bond motifs is 9.